The lowest BCUT2D eigenvalue weighted by atomic mass is 10.0. The molecule has 19 heavy (non-hydrogen) atoms. The van der Waals surface area contributed by atoms with Crippen LogP contribution in [0.2, 0.25) is 0 Å². The van der Waals surface area contributed by atoms with E-state index < -0.39 is 0 Å². The number of carbonyl (C=O) groups excluding carboxylic acids is 1. The zero-order valence-corrected chi connectivity index (χ0v) is 12.1. The third-order valence-corrected chi connectivity index (χ3v) is 4.10. The minimum atomic E-state index is -0.380. The van der Waals surface area contributed by atoms with Gasteiger partial charge in [-0.3, -0.25) is 0 Å². The topological polar surface area (TPSA) is 55.6 Å². The van der Waals surface area contributed by atoms with Crippen molar-refractivity contribution in [2.75, 3.05) is 24.8 Å². The van der Waals surface area contributed by atoms with E-state index >= 15 is 0 Å². The standard InChI is InChI=1S/C15H22N2O2/c1-9-7-12(17(3)10(2)11-5-6-11)8-13(14(9)16)15(18)19-4/h7-8,10-11H,5-6,16H2,1-4H3. The molecule has 1 aromatic rings. The number of ether oxygens (including phenoxy) is 1. The van der Waals surface area contributed by atoms with Gasteiger partial charge in [-0.15, -0.1) is 0 Å². The van der Waals surface area contributed by atoms with E-state index in [1.807, 2.05) is 19.1 Å². The van der Waals surface area contributed by atoms with E-state index in [1.54, 1.807) is 0 Å². The van der Waals surface area contributed by atoms with Gasteiger partial charge in [-0.25, -0.2) is 4.79 Å². The van der Waals surface area contributed by atoms with Gasteiger partial charge in [0.25, 0.3) is 0 Å². The first-order valence-corrected chi connectivity index (χ1v) is 6.67. The molecule has 0 bridgehead atoms. The minimum absolute atomic E-state index is 0.380. The fourth-order valence-corrected chi connectivity index (χ4v) is 2.39. The predicted molar refractivity (Wildman–Crippen MR) is 77.5 cm³/mol. The molecular weight excluding hydrogens is 240 g/mol. The van der Waals surface area contributed by atoms with Crippen LogP contribution in [0.15, 0.2) is 12.1 Å². The normalized spacial score (nSPS) is 16.0. The molecule has 1 aliphatic carbocycles. The summed E-state index contributed by atoms with van der Waals surface area (Å²) >= 11 is 0. The highest BCUT2D eigenvalue weighted by Gasteiger charge is 2.31. The van der Waals surface area contributed by atoms with Crippen molar-refractivity contribution in [2.24, 2.45) is 5.92 Å². The highest BCUT2D eigenvalue weighted by Crippen LogP contribution is 2.37. The molecule has 2 N–H and O–H groups in total. The molecule has 4 nitrogen and oxygen atoms in total. The molecule has 1 aromatic carbocycles. The maximum absolute atomic E-state index is 11.8. The molecule has 0 aliphatic heterocycles. The van der Waals surface area contributed by atoms with Crippen molar-refractivity contribution in [1.82, 2.24) is 0 Å². The monoisotopic (exact) mass is 262 g/mol. The number of aryl methyl sites for hydroxylation is 1. The van der Waals surface area contributed by atoms with Gasteiger partial charge in [-0.05, 0) is 50.3 Å². The summed E-state index contributed by atoms with van der Waals surface area (Å²) in [4.78, 5) is 14.0. The lowest BCUT2D eigenvalue weighted by molar-refractivity contribution is 0.0602. The van der Waals surface area contributed by atoms with Crippen molar-refractivity contribution in [3.63, 3.8) is 0 Å². The highest BCUT2D eigenvalue weighted by atomic mass is 16.5. The largest absolute Gasteiger partial charge is 0.465 e. The third kappa shape index (κ3) is 2.67. The molecule has 0 aromatic heterocycles. The number of nitrogen functional groups attached to an aromatic ring is 1. The van der Waals surface area contributed by atoms with Gasteiger partial charge in [0.15, 0.2) is 0 Å². The smallest absolute Gasteiger partial charge is 0.340 e. The molecule has 0 saturated heterocycles. The molecule has 0 amide bonds. The van der Waals surface area contributed by atoms with Gasteiger partial charge >= 0.3 is 5.97 Å². The Morgan fingerprint density at radius 3 is 2.63 bits per heavy atom. The Hall–Kier alpha value is -1.71. The van der Waals surface area contributed by atoms with Crippen LogP contribution < -0.4 is 10.6 Å². The molecule has 1 saturated carbocycles. The van der Waals surface area contributed by atoms with E-state index in [-0.39, 0.29) is 5.97 Å². The number of anilines is 2. The Morgan fingerprint density at radius 2 is 2.11 bits per heavy atom. The van der Waals surface area contributed by atoms with Gasteiger partial charge in [0.1, 0.15) is 0 Å². The number of methoxy groups -OCH3 is 1. The predicted octanol–water partition coefficient (Wildman–Crippen LogP) is 2.60. The van der Waals surface area contributed by atoms with Crippen LogP contribution in [0.4, 0.5) is 11.4 Å². The average molecular weight is 262 g/mol. The zero-order chi connectivity index (χ0) is 14.2. The average Bonchev–Trinajstić information content (AvgIpc) is 3.23. The Bertz CT molecular complexity index is 495. The van der Waals surface area contributed by atoms with Crippen LogP contribution in [-0.4, -0.2) is 26.2 Å². The number of benzene rings is 1. The molecule has 4 heteroatoms. The van der Waals surface area contributed by atoms with Gasteiger partial charge in [0, 0.05) is 24.5 Å². The second kappa shape index (κ2) is 5.11. The molecule has 104 valence electrons. The Morgan fingerprint density at radius 1 is 1.47 bits per heavy atom. The SMILES string of the molecule is COC(=O)c1cc(N(C)C(C)C2CC2)cc(C)c1N. The van der Waals surface area contributed by atoms with Crippen LogP contribution in [-0.2, 0) is 4.74 Å². The maximum atomic E-state index is 11.8. The molecule has 1 aliphatic rings. The van der Waals surface area contributed by atoms with Gasteiger partial charge in [-0.2, -0.15) is 0 Å². The van der Waals surface area contributed by atoms with Gasteiger partial charge in [0.05, 0.1) is 12.7 Å². The summed E-state index contributed by atoms with van der Waals surface area (Å²) in [6.07, 6.45) is 2.59. The third-order valence-electron chi connectivity index (χ3n) is 4.10. The van der Waals surface area contributed by atoms with Crippen molar-refractivity contribution in [3.8, 4) is 0 Å². The lowest BCUT2D eigenvalue weighted by Gasteiger charge is -2.28. The first kappa shape index (κ1) is 13.7. The van der Waals surface area contributed by atoms with Crippen molar-refractivity contribution >= 4 is 17.3 Å². The molecule has 1 fully saturated rings. The molecule has 1 unspecified atom stereocenters. The quantitative estimate of drug-likeness (QED) is 0.669. The van der Waals surface area contributed by atoms with E-state index in [9.17, 15) is 4.79 Å². The van der Waals surface area contributed by atoms with Crippen LogP contribution in [0.25, 0.3) is 0 Å². The van der Waals surface area contributed by atoms with Crippen LogP contribution >= 0.6 is 0 Å². The van der Waals surface area contributed by atoms with E-state index in [0.29, 0.717) is 17.3 Å². The summed E-state index contributed by atoms with van der Waals surface area (Å²) in [6.45, 7) is 4.14. The van der Waals surface area contributed by atoms with Gasteiger partial charge in [-0.1, -0.05) is 0 Å². The second-order valence-corrected chi connectivity index (χ2v) is 5.40. The van der Waals surface area contributed by atoms with Crippen LogP contribution in [0, 0.1) is 12.8 Å². The fraction of sp³-hybridized carbons (Fsp3) is 0.533. The Labute approximate surface area is 114 Å². The van der Waals surface area contributed by atoms with E-state index in [4.69, 9.17) is 10.5 Å². The van der Waals surface area contributed by atoms with Crippen molar-refractivity contribution in [2.45, 2.75) is 32.7 Å². The van der Waals surface area contributed by atoms with Crippen LogP contribution in [0.3, 0.4) is 0 Å². The van der Waals surface area contributed by atoms with Gasteiger partial charge in [0.2, 0.25) is 0 Å². The number of nitrogens with two attached hydrogens (primary N) is 1. The Kier molecular flexibility index (Phi) is 3.69. The van der Waals surface area contributed by atoms with Crippen LogP contribution in [0.1, 0.15) is 35.7 Å². The highest BCUT2D eigenvalue weighted by molar-refractivity contribution is 5.97. The summed E-state index contributed by atoms with van der Waals surface area (Å²) in [7, 11) is 3.44. The summed E-state index contributed by atoms with van der Waals surface area (Å²) in [6, 6.07) is 4.33. The number of nitrogens with zero attached hydrogens (tertiary/aromatic N) is 1. The molecule has 2 rings (SSSR count). The van der Waals surface area contributed by atoms with E-state index in [2.05, 4.69) is 18.9 Å². The summed E-state index contributed by atoms with van der Waals surface area (Å²) < 4.78 is 4.79. The molecule has 0 radical (unpaired) electrons. The number of hydrogen-bond donors (Lipinski definition) is 1. The van der Waals surface area contributed by atoms with E-state index in [0.717, 1.165) is 17.2 Å². The first-order valence-electron chi connectivity index (χ1n) is 6.67. The Balaban J connectivity index is 2.35. The molecule has 0 spiro atoms. The zero-order valence-electron chi connectivity index (χ0n) is 12.1. The van der Waals surface area contributed by atoms with Crippen molar-refractivity contribution in [3.05, 3.63) is 23.3 Å². The maximum Gasteiger partial charge on any atom is 0.340 e. The number of rotatable bonds is 4. The fourth-order valence-electron chi connectivity index (χ4n) is 2.39. The summed E-state index contributed by atoms with van der Waals surface area (Å²) in [5, 5.41) is 0. The van der Waals surface area contributed by atoms with E-state index in [1.165, 1.54) is 20.0 Å². The van der Waals surface area contributed by atoms with Gasteiger partial charge < -0.3 is 15.4 Å². The summed E-state index contributed by atoms with van der Waals surface area (Å²) in [5.74, 6) is 0.388. The van der Waals surface area contributed by atoms with Crippen molar-refractivity contribution < 1.29 is 9.53 Å². The second-order valence-electron chi connectivity index (χ2n) is 5.40. The number of carbonyl (C=O) groups is 1. The number of hydrogen-bond acceptors (Lipinski definition) is 4. The van der Waals surface area contributed by atoms with Crippen LogP contribution in [0.5, 0.6) is 0 Å². The first-order chi connectivity index (χ1) is 8.95. The number of esters is 1. The molecule has 0 heterocycles. The molecule has 1 atom stereocenters. The van der Waals surface area contributed by atoms with Crippen molar-refractivity contribution in [1.29, 1.82) is 0 Å². The lowest BCUT2D eigenvalue weighted by Crippen LogP contribution is -2.30. The summed E-state index contributed by atoms with van der Waals surface area (Å²) in [5.41, 5.74) is 8.84. The minimum Gasteiger partial charge on any atom is -0.465 e. The molecular formula is C15H22N2O2.